The molecule has 2 unspecified atom stereocenters. The number of thioether (sulfide) groups is 1. The van der Waals surface area contributed by atoms with Crippen LogP contribution in [0.4, 0.5) is 5.88 Å². The number of nitrogens with zero attached hydrogens (tertiary/aromatic N) is 3. The number of oxazole rings is 1. The summed E-state index contributed by atoms with van der Waals surface area (Å²) in [6.07, 6.45) is 9.60. The minimum absolute atomic E-state index is 0.301. The maximum Gasteiger partial charge on any atom is 0.221 e. The van der Waals surface area contributed by atoms with E-state index in [9.17, 15) is 0 Å². The number of hydrogen-bond acceptors (Lipinski definition) is 6. The van der Waals surface area contributed by atoms with Crippen molar-refractivity contribution in [1.29, 1.82) is 0 Å². The molecule has 99 valence electrons. The SMILES string of the molecule is CCC(C)C1SC(c2cncs2)=[C]N1c1cnco1. The molecule has 3 rings (SSSR count). The molecule has 1 aliphatic heterocycles. The van der Waals surface area contributed by atoms with E-state index in [2.05, 4.69) is 34.9 Å². The van der Waals surface area contributed by atoms with Gasteiger partial charge in [-0.2, -0.15) is 0 Å². The van der Waals surface area contributed by atoms with Gasteiger partial charge < -0.3 is 4.42 Å². The van der Waals surface area contributed by atoms with Gasteiger partial charge in [0, 0.05) is 6.20 Å². The Labute approximate surface area is 120 Å². The molecule has 2 aromatic rings. The van der Waals surface area contributed by atoms with Crippen molar-refractivity contribution < 1.29 is 4.42 Å². The van der Waals surface area contributed by atoms with Crippen LogP contribution in [0.2, 0.25) is 0 Å². The molecule has 0 saturated heterocycles. The lowest BCUT2D eigenvalue weighted by Crippen LogP contribution is -2.30. The maximum absolute atomic E-state index is 5.42. The molecule has 6 heteroatoms. The van der Waals surface area contributed by atoms with E-state index in [0.717, 1.165) is 22.1 Å². The Balaban J connectivity index is 1.92. The van der Waals surface area contributed by atoms with Crippen molar-refractivity contribution in [2.75, 3.05) is 4.90 Å². The summed E-state index contributed by atoms with van der Waals surface area (Å²) in [6, 6.07) is 0. The summed E-state index contributed by atoms with van der Waals surface area (Å²) in [6.45, 7) is 4.45. The van der Waals surface area contributed by atoms with E-state index in [1.54, 1.807) is 17.5 Å². The molecule has 0 fully saturated rings. The fraction of sp³-hybridized carbons (Fsp3) is 0.385. The largest absolute Gasteiger partial charge is 0.428 e. The summed E-state index contributed by atoms with van der Waals surface area (Å²) in [5.41, 5.74) is 1.85. The van der Waals surface area contributed by atoms with Gasteiger partial charge in [0.05, 0.1) is 33.1 Å². The highest BCUT2D eigenvalue weighted by atomic mass is 32.2. The number of anilines is 1. The first-order valence-electron chi connectivity index (χ1n) is 6.16. The highest BCUT2D eigenvalue weighted by Crippen LogP contribution is 2.45. The zero-order chi connectivity index (χ0) is 13.2. The van der Waals surface area contributed by atoms with Gasteiger partial charge in [0.25, 0.3) is 0 Å². The zero-order valence-corrected chi connectivity index (χ0v) is 12.4. The van der Waals surface area contributed by atoms with Gasteiger partial charge in [0.1, 0.15) is 0 Å². The number of aromatic nitrogens is 2. The van der Waals surface area contributed by atoms with Crippen LogP contribution in [0.5, 0.6) is 0 Å². The van der Waals surface area contributed by atoms with Gasteiger partial charge in [-0.05, 0) is 5.92 Å². The molecule has 1 radical (unpaired) electrons. The summed E-state index contributed by atoms with van der Waals surface area (Å²) in [5, 5.41) is 0.301. The topological polar surface area (TPSA) is 42.2 Å². The monoisotopic (exact) mass is 292 g/mol. The minimum atomic E-state index is 0.301. The molecule has 0 aromatic carbocycles. The molecule has 2 aromatic heterocycles. The normalized spacial score (nSPS) is 20.6. The van der Waals surface area contributed by atoms with E-state index in [0.29, 0.717) is 11.3 Å². The first-order valence-corrected chi connectivity index (χ1v) is 7.92. The Bertz CT molecular complexity index is 550. The average molecular weight is 292 g/mol. The molecule has 0 amide bonds. The Hall–Kier alpha value is -1.27. The van der Waals surface area contributed by atoms with Crippen LogP contribution >= 0.6 is 23.1 Å². The molecule has 4 nitrogen and oxygen atoms in total. The van der Waals surface area contributed by atoms with Gasteiger partial charge in [-0.25, -0.2) is 4.98 Å². The van der Waals surface area contributed by atoms with Gasteiger partial charge in [-0.15, -0.1) is 11.3 Å². The van der Waals surface area contributed by atoms with Crippen LogP contribution in [0.15, 0.2) is 28.7 Å². The van der Waals surface area contributed by atoms with E-state index < -0.39 is 0 Å². The fourth-order valence-electron chi connectivity index (χ4n) is 1.89. The maximum atomic E-state index is 5.42. The summed E-state index contributed by atoms with van der Waals surface area (Å²) >= 11 is 3.46. The van der Waals surface area contributed by atoms with Crippen LogP contribution in [0.25, 0.3) is 4.91 Å². The average Bonchev–Trinajstić information content (AvgIpc) is 3.14. The van der Waals surface area contributed by atoms with Gasteiger partial charge >= 0.3 is 0 Å². The quantitative estimate of drug-likeness (QED) is 0.856. The van der Waals surface area contributed by atoms with E-state index >= 15 is 0 Å². The van der Waals surface area contributed by atoms with Gasteiger partial charge in [0.15, 0.2) is 6.39 Å². The number of thiazole rings is 1. The molecule has 0 spiro atoms. The fourth-order valence-corrected chi connectivity index (χ4v) is 3.94. The molecule has 0 saturated carbocycles. The molecule has 19 heavy (non-hydrogen) atoms. The van der Waals surface area contributed by atoms with E-state index in [1.807, 2.05) is 23.5 Å². The molecular weight excluding hydrogens is 278 g/mol. The van der Waals surface area contributed by atoms with Crippen LogP contribution < -0.4 is 4.90 Å². The highest BCUT2D eigenvalue weighted by Gasteiger charge is 2.33. The van der Waals surface area contributed by atoms with Crippen molar-refractivity contribution in [1.82, 2.24) is 9.97 Å². The third-order valence-electron chi connectivity index (χ3n) is 3.16. The Morgan fingerprint density at radius 1 is 1.47 bits per heavy atom. The van der Waals surface area contributed by atoms with E-state index in [4.69, 9.17) is 4.42 Å². The van der Waals surface area contributed by atoms with Crippen LogP contribution in [0.3, 0.4) is 0 Å². The second kappa shape index (κ2) is 5.38. The Kier molecular flexibility index (Phi) is 3.61. The minimum Gasteiger partial charge on any atom is -0.428 e. The van der Waals surface area contributed by atoms with Crippen molar-refractivity contribution in [3.05, 3.63) is 35.4 Å². The molecule has 3 heterocycles. The third-order valence-corrected chi connectivity index (χ3v) is 5.54. The lowest BCUT2D eigenvalue weighted by atomic mass is 10.1. The van der Waals surface area contributed by atoms with Crippen molar-refractivity contribution in [2.24, 2.45) is 5.92 Å². The summed E-state index contributed by atoms with van der Waals surface area (Å²) in [5.74, 6) is 1.28. The summed E-state index contributed by atoms with van der Waals surface area (Å²) in [4.78, 5) is 12.5. The van der Waals surface area contributed by atoms with Gasteiger partial charge in [-0.1, -0.05) is 32.0 Å². The molecule has 2 atom stereocenters. The molecule has 1 aliphatic rings. The second-order valence-electron chi connectivity index (χ2n) is 4.41. The number of rotatable bonds is 4. The molecular formula is C13H14N3OS2. The molecule has 0 bridgehead atoms. The van der Waals surface area contributed by atoms with Gasteiger partial charge in [-0.3, -0.25) is 9.88 Å². The zero-order valence-electron chi connectivity index (χ0n) is 10.7. The lowest BCUT2D eigenvalue weighted by Gasteiger charge is -2.26. The van der Waals surface area contributed by atoms with Crippen molar-refractivity contribution in [3.63, 3.8) is 0 Å². The smallest absolute Gasteiger partial charge is 0.221 e. The predicted molar refractivity (Wildman–Crippen MR) is 78.6 cm³/mol. The van der Waals surface area contributed by atoms with Crippen LogP contribution in [0.1, 0.15) is 25.1 Å². The predicted octanol–water partition coefficient (Wildman–Crippen LogP) is 3.86. The van der Waals surface area contributed by atoms with E-state index in [-0.39, 0.29) is 0 Å². The van der Waals surface area contributed by atoms with Crippen LogP contribution in [0, 0.1) is 12.1 Å². The number of hydrogen-bond donors (Lipinski definition) is 0. The summed E-state index contributed by atoms with van der Waals surface area (Å²) < 4.78 is 5.42. The lowest BCUT2D eigenvalue weighted by molar-refractivity contribution is 0.494. The summed E-state index contributed by atoms with van der Waals surface area (Å²) in [7, 11) is 0. The van der Waals surface area contributed by atoms with Crippen LogP contribution in [-0.4, -0.2) is 15.3 Å². The van der Waals surface area contributed by atoms with Gasteiger partial charge in [0.2, 0.25) is 5.88 Å². The third kappa shape index (κ3) is 2.42. The first kappa shape index (κ1) is 12.7. The van der Waals surface area contributed by atoms with Crippen LogP contribution in [-0.2, 0) is 0 Å². The first-order chi connectivity index (χ1) is 9.29. The molecule has 0 aliphatic carbocycles. The second-order valence-corrected chi connectivity index (χ2v) is 6.42. The van der Waals surface area contributed by atoms with Crippen molar-refractivity contribution in [2.45, 2.75) is 25.6 Å². The van der Waals surface area contributed by atoms with E-state index in [1.165, 1.54) is 6.39 Å². The highest BCUT2D eigenvalue weighted by molar-refractivity contribution is 8.09. The standard InChI is InChI=1S/C13H14N3OS2/c1-3-9(2)13-16(12-5-14-7-17-12)6-11(19-13)10-4-15-8-18-10/h4-5,7-9,13H,3H2,1-2H3. The van der Waals surface area contributed by atoms with Crippen molar-refractivity contribution >= 4 is 33.9 Å². The molecule has 0 N–H and O–H groups in total. The Morgan fingerprint density at radius 3 is 3.00 bits per heavy atom. The van der Waals surface area contributed by atoms with Crippen molar-refractivity contribution in [3.8, 4) is 0 Å². The Morgan fingerprint density at radius 2 is 2.37 bits per heavy atom.